The minimum Gasteiger partial charge on any atom is -0.507 e. The molecule has 0 aliphatic rings. The molecule has 1 rings (SSSR count). The number of phenolic OH excluding ortho intramolecular Hbond substituents is 1. The summed E-state index contributed by atoms with van der Waals surface area (Å²) in [6.07, 6.45) is 5.73. The van der Waals surface area contributed by atoms with Gasteiger partial charge in [0, 0.05) is 5.56 Å². The molecular formula is C10H8O2. The molecule has 1 N–H and O–H groups in total. The maximum Gasteiger partial charge on any atom is 0.153 e. The van der Waals surface area contributed by atoms with Crippen molar-refractivity contribution in [2.45, 2.75) is 6.92 Å². The second-order valence-corrected chi connectivity index (χ2v) is 2.49. The monoisotopic (exact) mass is 160 g/mol. The fourth-order valence-corrected chi connectivity index (χ4v) is 0.980. The van der Waals surface area contributed by atoms with Gasteiger partial charge in [0.05, 0.1) is 5.56 Å². The minimum absolute atomic E-state index is 0.00370. The van der Waals surface area contributed by atoms with Gasteiger partial charge in [-0.2, -0.15) is 0 Å². The second-order valence-electron chi connectivity index (χ2n) is 2.49. The predicted octanol–water partition coefficient (Wildman–Crippen LogP) is 1.49. The van der Waals surface area contributed by atoms with Gasteiger partial charge in [0.25, 0.3) is 0 Å². The summed E-state index contributed by atoms with van der Waals surface area (Å²) >= 11 is 0. The lowest BCUT2D eigenvalue weighted by Gasteiger charge is -2.01. The molecule has 0 radical (unpaired) electrons. The summed E-state index contributed by atoms with van der Waals surface area (Å²) in [5, 5.41) is 9.32. The Morgan fingerprint density at radius 1 is 1.58 bits per heavy atom. The fourth-order valence-electron chi connectivity index (χ4n) is 0.980. The van der Waals surface area contributed by atoms with E-state index in [1.165, 1.54) is 6.07 Å². The van der Waals surface area contributed by atoms with Gasteiger partial charge in [-0.3, -0.25) is 4.79 Å². The van der Waals surface area contributed by atoms with Crippen molar-refractivity contribution in [2.24, 2.45) is 0 Å². The zero-order chi connectivity index (χ0) is 9.14. The van der Waals surface area contributed by atoms with Gasteiger partial charge < -0.3 is 5.11 Å². The van der Waals surface area contributed by atoms with E-state index in [0.717, 1.165) is 0 Å². The Kier molecular flexibility index (Phi) is 2.16. The number of hydrogen-bond acceptors (Lipinski definition) is 2. The third-order valence-corrected chi connectivity index (χ3v) is 1.62. The third kappa shape index (κ3) is 1.30. The van der Waals surface area contributed by atoms with Crippen LogP contribution >= 0.6 is 0 Å². The van der Waals surface area contributed by atoms with Crippen molar-refractivity contribution < 1.29 is 9.90 Å². The molecule has 0 heterocycles. The largest absolute Gasteiger partial charge is 0.507 e. The molecule has 0 aromatic heterocycles. The van der Waals surface area contributed by atoms with E-state index < -0.39 is 0 Å². The standard InChI is InChI=1S/C10H8O2/c1-3-8-4-7(2)10(12)9(5-8)6-11/h1,4-6,12H,2H3. The first kappa shape index (κ1) is 8.35. The first-order chi connectivity index (χ1) is 5.69. The SMILES string of the molecule is C#Cc1cc(C)c(O)c(C=O)c1. The molecular weight excluding hydrogens is 152 g/mol. The number of carbonyl (C=O) groups is 1. The molecule has 0 unspecified atom stereocenters. The van der Waals surface area contributed by atoms with Crippen molar-refractivity contribution in [1.82, 2.24) is 0 Å². The summed E-state index contributed by atoms with van der Waals surface area (Å²) in [7, 11) is 0. The van der Waals surface area contributed by atoms with Crippen LogP contribution in [-0.2, 0) is 0 Å². The average Bonchev–Trinajstić information content (AvgIpc) is 2.09. The molecule has 1 aromatic carbocycles. The molecule has 0 aliphatic heterocycles. The molecule has 12 heavy (non-hydrogen) atoms. The number of phenols is 1. The van der Waals surface area contributed by atoms with E-state index in [1.54, 1.807) is 13.0 Å². The molecule has 0 aliphatic carbocycles. The highest BCUT2D eigenvalue weighted by atomic mass is 16.3. The highest BCUT2D eigenvalue weighted by Crippen LogP contribution is 2.21. The van der Waals surface area contributed by atoms with Crippen molar-refractivity contribution in [3.8, 4) is 18.1 Å². The summed E-state index contributed by atoms with van der Waals surface area (Å²) in [5.41, 5.74) is 1.46. The molecule has 0 spiro atoms. The number of terminal acetylenes is 1. The number of benzene rings is 1. The van der Waals surface area contributed by atoms with Crippen molar-refractivity contribution in [3.05, 3.63) is 28.8 Å². The number of carbonyl (C=O) groups excluding carboxylic acids is 1. The van der Waals surface area contributed by atoms with E-state index in [-0.39, 0.29) is 11.3 Å². The van der Waals surface area contributed by atoms with Gasteiger partial charge >= 0.3 is 0 Å². The molecule has 2 nitrogen and oxygen atoms in total. The van der Waals surface area contributed by atoms with Crippen LogP contribution in [0.2, 0.25) is 0 Å². The van der Waals surface area contributed by atoms with Crippen LogP contribution in [0.4, 0.5) is 0 Å². The van der Waals surface area contributed by atoms with Gasteiger partial charge in [-0.15, -0.1) is 6.42 Å². The van der Waals surface area contributed by atoms with Crippen LogP contribution in [-0.4, -0.2) is 11.4 Å². The maximum absolute atomic E-state index is 10.4. The highest BCUT2D eigenvalue weighted by Gasteiger charge is 2.04. The molecule has 2 heteroatoms. The summed E-state index contributed by atoms with van der Waals surface area (Å²) in [4.78, 5) is 10.4. The Labute approximate surface area is 70.8 Å². The fraction of sp³-hybridized carbons (Fsp3) is 0.100. The highest BCUT2D eigenvalue weighted by molar-refractivity contribution is 5.80. The quantitative estimate of drug-likeness (QED) is 0.499. The molecule has 0 bridgehead atoms. The van der Waals surface area contributed by atoms with Gasteiger partial charge in [-0.25, -0.2) is 0 Å². The maximum atomic E-state index is 10.4. The third-order valence-electron chi connectivity index (χ3n) is 1.62. The van der Waals surface area contributed by atoms with Crippen molar-refractivity contribution >= 4 is 6.29 Å². The van der Waals surface area contributed by atoms with Gasteiger partial charge in [0.1, 0.15) is 5.75 Å². The normalized spacial score (nSPS) is 9.00. The smallest absolute Gasteiger partial charge is 0.153 e. The topological polar surface area (TPSA) is 37.3 Å². The predicted molar refractivity (Wildman–Crippen MR) is 46.2 cm³/mol. The zero-order valence-corrected chi connectivity index (χ0v) is 6.66. The van der Waals surface area contributed by atoms with Crippen LogP contribution in [0.15, 0.2) is 12.1 Å². The van der Waals surface area contributed by atoms with E-state index >= 15 is 0 Å². The first-order valence-corrected chi connectivity index (χ1v) is 3.44. The number of hydrogen-bond donors (Lipinski definition) is 1. The molecule has 0 saturated carbocycles. The van der Waals surface area contributed by atoms with E-state index in [9.17, 15) is 9.90 Å². The van der Waals surface area contributed by atoms with Crippen LogP contribution in [0, 0.1) is 19.3 Å². The van der Waals surface area contributed by atoms with E-state index in [0.29, 0.717) is 17.4 Å². The van der Waals surface area contributed by atoms with Crippen LogP contribution in [0.1, 0.15) is 21.5 Å². The summed E-state index contributed by atoms with van der Waals surface area (Å²) < 4.78 is 0. The van der Waals surface area contributed by atoms with Crippen LogP contribution in [0.25, 0.3) is 0 Å². The van der Waals surface area contributed by atoms with E-state index in [1.807, 2.05) is 0 Å². The molecule has 1 aromatic rings. The van der Waals surface area contributed by atoms with Gasteiger partial charge in [-0.1, -0.05) is 5.92 Å². The lowest BCUT2D eigenvalue weighted by molar-refractivity contribution is 0.112. The van der Waals surface area contributed by atoms with Crippen LogP contribution in [0.3, 0.4) is 0 Å². The molecule has 0 amide bonds. The first-order valence-electron chi connectivity index (χ1n) is 3.44. The lowest BCUT2D eigenvalue weighted by Crippen LogP contribution is -1.87. The van der Waals surface area contributed by atoms with Gasteiger partial charge in [-0.05, 0) is 24.6 Å². The number of aldehydes is 1. The minimum atomic E-state index is 0.00370. The molecule has 0 fully saturated rings. The average molecular weight is 160 g/mol. The van der Waals surface area contributed by atoms with Crippen LogP contribution < -0.4 is 0 Å². The Hall–Kier alpha value is -1.75. The second kappa shape index (κ2) is 3.10. The van der Waals surface area contributed by atoms with Crippen LogP contribution in [0.5, 0.6) is 5.75 Å². The number of aryl methyl sites for hydroxylation is 1. The number of rotatable bonds is 1. The Morgan fingerprint density at radius 2 is 2.25 bits per heavy atom. The van der Waals surface area contributed by atoms with Gasteiger partial charge in [0.2, 0.25) is 0 Å². The van der Waals surface area contributed by atoms with E-state index in [4.69, 9.17) is 6.42 Å². The molecule has 0 saturated heterocycles. The zero-order valence-electron chi connectivity index (χ0n) is 6.66. The lowest BCUT2D eigenvalue weighted by atomic mass is 10.1. The van der Waals surface area contributed by atoms with E-state index in [2.05, 4.69) is 5.92 Å². The van der Waals surface area contributed by atoms with Crippen molar-refractivity contribution in [1.29, 1.82) is 0 Å². The molecule has 60 valence electrons. The molecule has 0 atom stereocenters. The van der Waals surface area contributed by atoms with Crippen molar-refractivity contribution in [2.75, 3.05) is 0 Å². The van der Waals surface area contributed by atoms with Crippen molar-refractivity contribution in [3.63, 3.8) is 0 Å². The summed E-state index contributed by atoms with van der Waals surface area (Å²) in [6, 6.07) is 3.14. The Bertz CT molecular complexity index is 359. The summed E-state index contributed by atoms with van der Waals surface area (Å²) in [5.74, 6) is 2.40. The summed E-state index contributed by atoms with van der Waals surface area (Å²) in [6.45, 7) is 1.70. The Balaban J connectivity index is 3.41. The van der Waals surface area contributed by atoms with Gasteiger partial charge in [0.15, 0.2) is 6.29 Å². The Morgan fingerprint density at radius 3 is 2.75 bits per heavy atom. The number of aromatic hydroxyl groups is 1.